The number of ether oxygens (including phenoxy) is 1. The summed E-state index contributed by atoms with van der Waals surface area (Å²) in [7, 11) is 3.54. The van der Waals surface area contributed by atoms with Crippen LogP contribution in [0.3, 0.4) is 0 Å². The van der Waals surface area contributed by atoms with Crippen LogP contribution in [0.15, 0.2) is 30.3 Å². The molecule has 1 saturated heterocycles. The van der Waals surface area contributed by atoms with E-state index >= 15 is 0 Å². The minimum atomic E-state index is -0.196. The van der Waals surface area contributed by atoms with Crippen LogP contribution < -0.4 is 5.73 Å². The molecule has 3 unspecified atom stereocenters. The predicted molar refractivity (Wildman–Crippen MR) is 101 cm³/mol. The summed E-state index contributed by atoms with van der Waals surface area (Å²) >= 11 is 0. The quantitative estimate of drug-likeness (QED) is 0.819. The normalized spacial score (nSPS) is 25.6. The van der Waals surface area contributed by atoms with Gasteiger partial charge in [0.15, 0.2) is 0 Å². The SMILES string of the molecule is COC(CN)CC(=O)N(C)C1C(C)CN(Cc2ccccc2)CC1C. The summed E-state index contributed by atoms with van der Waals surface area (Å²) in [5.41, 5.74) is 7.00. The van der Waals surface area contributed by atoms with Crippen LogP contribution in [-0.4, -0.2) is 61.6 Å². The van der Waals surface area contributed by atoms with Gasteiger partial charge in [-0.25, -0.2) is 0 Å². The second kappa shape index (κ2) is 9.32. The first-order chi connectivity index (χ1) is 12.0. The first-order valence-corrected chi connectivity index (χ1v) is 9.21. The Labute approximate surface area is 152 Å². The van der Waals surface area contributed by atoms with Crippen molar-refractivity contribution in [2.45, 2.75) is 39.0 Å². The van der Waals surface area contributed by atoms with E-state index in [2.05, 4.69) is 49.1 Å². The average molecular weight is 348 g/mol. The third kappa shape index (κ3) is 5.27. The van der Waals surface area contributed by atoms with E-state index in [0.717, 1.165) is 19.6 Å². The van der Waals surface area contributed by atoms with Crippen LogP contribution in [0.1, 0.15) is 25.8 Å². The van der Waals surface area contributed by atoms with Crippen LogP contribution >= 0.6 is 0 Å². The van der Waals surface area contributed by atoms with E-state index in [-0.39, 0.29) is 18.1 Å². The number of likely N-dealkylation sites (tertiary alicyclic amines) is 1. The Bertz CT molecular complexity index is 521. The van der Waals surface area contributed by atoms with E-state index in [1.54, 1.807) is 7.11 Å². The van der Waals surface area contributed by atoms with E-state index in [4.69, 9.17) is 10.5 Å². The van der Waals surface area contributed by atoms with Gasteiger partial charge in [0.25, 0.3) is 0 Å². The first kappa shape index (κ1) is 19.9. The van der Waals surface area contributed by atoms with E-state index in [9.17, 15) is 4.79 Å². The number of nitrogens with two attached hydrogens (primary N) is 1. The summed E-state index contributed by atoms with van der Waals surface area (Å²) in [6.45, 7) is 7.85. The van der Waals surface area contributed by atoms with Crippen molar-refractivity contribution < 1.29 is 9.53 Å². The molecule has 1 aliphatic rings. The van der Waals surface area contributed by atoms with Crippen LogP contribution in [-0.2, 0) is 16.1 Å². The topological polar surface area (TPSA) is 58.8 Å². The monoisotopic (exact) mass is 347 g/mol. The van der Waals surface area contributed by atoms with Crippen LogP contribution in [0.4, 0.5) is 0 Å². The fourth-order valence-corrected chi connectivity index (χ4v) is 4.17. The minimum Gasteiger partial charge on any atom is -0.380 e. The first-order valence-electron chi connectivity index (χ1n) is 9.21. The molecule has 0 radical (unpaired) electrons. The molecule has 1 heterocycles. The molecule has 0 aromatic heterocycles. The maximum absolute atomic E-state index is 12.6. The lowest BCUT2D eigenvalue weighted by molar-refractivity contribution is -0.138. The number of carbonyl (C=O) groups excluding carboxylic acids is 1. The zero-order valence-electron chi connectivity index (χ0n) is 16.0. The van der Waals surface area contributed by atoms with Crippen molar-refractivity contribution in [1.82, 2.24) is 9.80 Å². The van der Waals surface area contributed by atoms with Gasteiger partial charge in [0.1, 0.15) is 0 Å². The van der Waals surface area contributed by atoms with E-state index < -0.39 is 0 Å². The third-order valence-electron chi connectivity index (χ3n) is 5.35. The molecule has 0 saturated carbocycles. The van der Waals surface area contributed by atoms with Gasteiger partial charge in [-0.1, -0.05) is 44.2 Å². The van der Waals surface area contributed by atoms with Crippen LogP contribution in [0.25, 0.3) is 0 Å². The molecular weight excluding hydrogens is 314 g/mol. The Morgan fingerprint density at radius 2 is 1.88 bits per heavy atom. The lowest BCUT2D eigenvalue weighted by Crippen LogP contribution is -2.55. The molecule has 140 valence electrons. The van der Waals surface area contributed by atoms with E-state index in [1.807, 2.05) is 11.9 Å². The molecule has 5 nitrogen and oxygen atoms in total. The summed E-state index contributed by atoms with van der Waals surface area (Å²) < 4.78 is 5.26. The Kier molecular flexibility index (Phi) is 7.41. The molecular formula is C20H33N3O2. The highest BCUT2D eigenvalue weighted by Crippen LogP contribution is 2.27. The standard InChI is InChI=1S/C20H33N3O2/c1-15-12-23(14-17-8-6-5-7-9-17)13-16(2)20(15)22(3)19(24)10-18(11-21)25-4/h5-9,15-16,18,20H,10-14,21H2,1-4H3. The second-order valence-electron chi connectivity index (χ2n) is 7.43. The number of rotatable bonds is 7. The highest BCUT2D eigenvalue weighted by molar-refractivity contribution is 5.76. The minimum absolute atomic E-state index is 0.123. The van der Waals surface area contributed by atoms with E-state index in [0.29, 0.717) is 24.8 Å². The lowest BCUT2D eigenvalue weighted by atomic mass is 9.84. The maximum atomic E-state index is 12.6. The average Bonchev–Trinajstić information content (AvgIpc) is 2.59. The summed E-state index contributed by atoms with van der Waals surface area (Å²) in [4.78, 5) is 17.0. The zero-order valence-corrected chi connectivity index (χ0v) is 16.0. The molecule has 1 aromatic carbocycles. The number of amides is 1. The van der Waals surface area contributed by atoms with Crippen LogP contribution in [0.5, 0.6) is 0 Å². The Morgan fingerprint density at radius 1 is 1.28 bits per heavy atom. The summed E-state index contributed by atoms with van der Waals surface area (Å²) in [6, 6.07) is 10.8. The third-order valence-corrected chi connectivity index (χ3v) is 5.35. The molecule has 1 aliphatic heterocycles. The van der Waals surface area contributed by atoms with Gasteiger partial charge in [-0.05, 0) is 17.4 Å². The molecule has 2 N–H and O–H groups in total. The van der Waals surface area contributed by atoms with Crippen molar-refractivity contribution in [2.24, 2.45) is 17.6 Å². The van der Waals surface area contributed by atoms with Crippen molar-refractivity contribution >= 4 is 5.91 Å². The molecule has 2 rings (SSSR count). The van der Waals surface area contributed by atoms with Gasteiger partial charge in [-0.15, -0.1) is 0 Å². The van der Waals surface area contributed by atoms with Crippen LogP contribution in [0, 0.1) is 11.8 Å². The Morgan fingerprint density at radius 3 is 2.40 bits per heavy atom. The molecule has 0 bridgehead atoms. The van der Waals surface area contributed by atoms with Crippen molar-refractivity contribution in [3.63, 3.8) is 0 Å². The van der Waals surface area contributed by atoms with Crippen molar-refractivity contribution in [3.8, 4) is 0 Å². The number of carbonyl (C=O) groups is 1. The highest BCUT2D eigenvalue weighted by atomic mass is 16.5. The molecule has 1 fully saturated rings. The molecule has 1 aromatic rings. The summed E-state index contributed by atoms with van der Waals surface area (Å²) in [6.07, 6.45) is 0.159. The molecule has 1 amide bonds. The van der Waals surface area contributed by atoms with Gasteiger partial charge in [-0.3, -0.25) is 9.69 Å². The molecule has 0 spiro atoms. The number of piperidine rings is 1. The van der Waals surface area contributed by atoms with Gasteiger partial charge >= 0.3 is 0 Å². The van der Waals surface area contributed by atoms with Crippen LogP contribution in [0.2, 0.25) is 0 Å². The molecule has 5 heteroatoms. The largest absolute Gasteiger partial charge is 0.380 e. The van der Waals surface area contributed by atoms with Crippen molar-refractivity contribution in [1.29, 1.82) is 0 Å². The number of hydrogen-bond donors (Lipinski definition) is 1. The van der Waals surface area contributed by atoms with Crippen molar-refractivity contribution in [2.75, 3.05) is 33.8 Å². The van der Waals surface area contributed by atoms with Gasteiger partial charge in [0.2, 0.25) is 5.91 Å². The molecule has 25 heavy (non-hydrogen) atoms. The number of methoxy groups -OCH3 is 1. The predicted octanol–water partition coefficient (Wildman–Crippen LogP) is 1.97. The zero-order chi connectivity index (χ0) is 18.4. The van der Waals surface area contributed by atoms with E-state index in [1.165, 1.54) is 5.56 Å². The van der Waals surface area contributed by atoms with Crippen molar-refractivity contribution in [3.05, 3.63) is 35.9 Å². The smallest absolute Gasteiger partial charge is 0.225 e. The van der Waals surface area contributed by atoms with Gasteiger partial charge < -0.3 is 15.4 Å². The Hall–Kier alpha value is -1.43. The number of nitrogens with zero attached hydrogens (tertiary/aromatic N) is 2. The molecule has 0 aliphatic carbocycles. The van der Waals surface area contributed by atoms with Gasteiger partial charge in [0.05, 0.1) is 12.5 Å². The van der Waals surface area contributed by atoms with Gasteiger partial charge in [-0.2, -0.15) is 0 Å². The number of benzene rings is 1. The fraction of sp³-hybridized carbons (Fsp3) is 0.650. The second-order valence-corrected chi connectivity index (χ2v) is 7.43. The Balaban J connectivity index is 1.96. The fourth-order valence-electron chi connectivity index (χ4n) is 4.17. The highest BCUT2D eigenvalue weighted by Gasteiger charge is 2.36. The van der Waals surface area contributed by atoms with Gasteiger partial charge in [0, 0.05) is 46.4 Å². The lowest BCUT2D eigenvalue weighted by Gasteiger charge is -2.45. The summed E-state index contributed by atoms with van der Waals surface area (Å²) in [5, 5.41) is 0. The summed E-state index contributed by atoms with van der Waals surface area (Å²) in [5.74, 6) is 0.984. The maximum Gasteiger partial charge on any atom is 0.225 e. The molecule has 3 atom stereocenters. The number of hydrogen-bond acceptors (Lipinski definition) is 4.